The number of hydrogen-bond donors (Lipinski definition) is 1. The first-order valence-corrected chi connectivity index (χ1v) is 12.6. The van der Waals surface area contributed by atoms with E-state index in [1.165, 1.54) is 24.3 Å². The van der Waals surface area contributed by atoms with E-state index >= 15 is 0 Å². The standard InChI is InChI=1S/C24H27FN4O2S/c1-2-3-10-21-28-22-23(19-8-4-5-9-20(19)27-24(22)26)29(21)15-6-7-16-32(30,31)18-13-11-17(25)12-14-18/h4-5,8-9,11-14H,2-3,6-7,10,15-16H2,1H3,(H2,26,27). The quantitative estimate of drug-likeness (QED) is 0.287. The highest BCUT2D eigenvalue weighted by Crippen LogP contribution is 2.29. The van der Waals surface area contributed by atoms with E-state index in [9.17, 15) is 12.8 Å². The molecule has 0 aliphatic carbocycles. The van der Waals surface area contributed by atoms with Crippen molar-refractivity contribution < 1.29 is 12.8 Å². The Morgan fingerprint density at radius 2 is 1.75 bits per heavy atom. The Labute approximate surface area is 187 Å². The van der Waals surface area contributed by atoms with Gasteiger partial charge in [0.05, 0.1) is 21.7 Å². The van der Waals surface area contributed by atoms with Crippen molar-refractivity contribution in [2.24, 2.45) is 0 Å². The summed E-state index contributed by atoms with van der Waals surface area (Å²) >= 11 is 0. The second-order valence-corrected chi connectivity index (χ2v) is 10.1. The number of hydrogen-bond acceptors (Lipinski definition) is 5. The van der Waals surface area contributed by atoms with Gasteiger partial charge >= 0.3 is 0 Å². The number of unbranched alkanes of at least 4 members (excludes halogenated alkanes) is 2. The average Bonchev–Trinajstić information content (AvgIpc) is 3.15. The molecule has 0 bridgehead atoms. The lowest BCUT2D eigenvalue weighted by Gasteiger charge is -2.11. The molecule has 32 heavy (non-hydrogen) atoms. The molecule has 0 amide bonds. The molecule has 0 atom stereocenters. The summed E-state index contributed by atoms with van der Waals surface area (Å²) in [7, 11) is -3.45. The molecule has 8 heteroatoms. The van der Waals surface area contributed by atoms with Crippen LogP contribution < -0.4 is 5.73 Å². The van der Waals surface area contributed by atoms with Gasteiger partial charge in [-0.15, -0.1) is 0 Å². The third-order valence-electron chi connectivity index (χ3n) is 5.66. The number of nitrogens with two attached hydrogens (primary N) is 1. The molecule has 0 radical (unpaired) electrons. The second kappa shape index (κ2) is 9.24. The monoisotopic (exact) mass is 454 g/mol. The third-order valence-corrected chi connectivity index (χ3v) is 7.48. The Hall–Kier alpha value is -3.00. The first kappa shape index (κ1) is 22.2. The van der Waals surface area contributed by atoms with Crippen LogP contribution in [0.15, 0.2) is 53.4 Å². The Balaban J connectivity index is 1.59. The Bertz CT molecular complexity index is 1350. The second-order valence-electron chi connectivity index (χ2n) is 7.97. The molecule has 0 unspecified atom stereocenters. The van der Waals surface area contributed by atoms with Crippen molar-refractivity contribution in [3.63, 3.8) is 0 Å². The third kappa shape index (κ3) is 4.46. The molecular formula is C24H27FN4O2S. The first-order chi connectivity index (χ1) is 15.4. The van der Waals surface area contributed by atoms with Gasteiger partial charge in [0.1, 0.15) is 17.2 Å². The molecule has 2 heterocycles. The van der Waals surface area contributed by atoms with Gasteiger partial charge in [0.2, 0.25) is 0 Å². The number of aromatic nitrogens is 3. The number of sulfone groups is 1. The van der Waals surface area contributed by atoms with Gasteiger partial charge in [0, 0.05) is 18.4 Å². The molecule has 6 nitrogen and oxygen atoms in total. The maximum atomic E-state index is 13.1. The van der Waals surface area contributed by atoms with Gasteiger partial charge < -0.3 is 10.3 Å². The number of nitrogens with zero attached hydrogens (tertiary/aromatic N) is 3. The van der Waals surface area contributed by atoms with E-state index in [1.54, 1.807) is 0 Å². The highest BCUT2D eigenvalue weighted by Gasteiger charge is 2.18. The number of para-hydroxylation sites is 1. The fourth-order valence-corrected chi connectivity index (χ4v) is 5.36. The number of anilines is 1. The van der Waals surface area contributed by atoms with E-state index in [0.29, 0.717) is 30.7 Å². The minimum absolute atomic E-state index is 0.0139. The topological polar surface area (TPSA) is 90.9 Å². The number of imidazole rings is 1. The number of halogens is 1. The van der Waals surface area contributed by atoms with E-state index in [2.05, 4.69) is 16.5 Å². The molecule has 2 N–H and O–H groups in total. The van der Waals surface area contributed by atoms with Crippen molar-refractivity contribution in [2.75, 3.05) is 11.5 Å². The predicted molar refractivity (Wildman–Crippen MR) is 126 cm³/mol. The summed E-state index contributed by atoms with van der Waals surface area (Å²) in [6.45, 7) is 2.78. The fourth-order valence-electron chi connectivity index (χ4n) is 3.99. The predicted octanol–water partition coefficient (Wildman–Crippen LogP) is 4.90. The average molecular weight is 455 g/mol. The number of fused-ring (bicyclic) bond motifs is 3. The molecule has 2 aromatic carbocycles. The number of pyridine rings is 1. The minimum atomic E-state index is -3.45. The van der Waals surface area contributed by atoms with E-state index in [0.717, 1.165) is 41.5 Å². The van der Waals surface area contributed by atoms with E-state index in [4.69, 9.17) is 10.7 Å². The lowest BCUT2D eigenvalue weighted by atomic mass is 10.2. The van der Waals surface area contributed by atoms with Crippen molar-refractivity contribution in [1.29, 1.82) is 0 Å². The summed E-state index contributed by atoms with van der Waals surface area (Å²) in [5.74, 6) is 0.929. The zero-order chi connectivity index (χ0) is 22.7. The van der Waals surface area contributed by atoms with Gasteiger partial charge in [-0.2, -0.15) is 0 Å². The SMILES string of the molecule is CCCCc1nc2c(N)nc3ccccc3c2n1CCCCS(=O)(=O)c1ccc(F)cc1. The summed E-state index contributed by atoms with van der Waals surface area (Å²) in [6, 6.07) is 12.8. The smallest absolute Gasteiger partial charge is 0.178 e. The molecule has 0 saturated heterocycles. The molecule has 0 spiro atoms. The number of nitrogen functional groups attached to an aromatic ring is 1. The molecular weight excluding hydrogens is 427 g/mol. The Morgan fingerprint density at radius 3 is 2.50 bits per heavy atom. The molecule has 0 aliphatic heterocycles. The molecule has 0 fully saturated rings. The summed E-state index contributed by atoms with van der Waals surface area (Å²) in [5, 5.41) is 0.992. The van der Waals surface area contributed by atoms with Crippen LogP contribution in [0.4, 0.5) is 10.2 Å². The number of rotatable bonds is 9. The van der Waals surface area contributed by atoms with Gasteiger partial charge in [-0.1, -0.05) is 31.5 Å². The van der Waals surface area contributed by atoms with Gasteiger partial charge in [0.15, 0.2) is 15.7 Å². The highest BCUT2D eigenvalue weighted by molar-refractivity contribution is 7.91. The van der Waals surface area contributed by atoms with Crippen LogP contribution in [-0.4, -0.2) is 28.7 Å². The lowest BCUT2D eigenvalue weighted by Crippen LogP contribution is -2.09. The number of aryl methyl sites for hydroxylation is 2. The summed E-state index contributed by atoms with van der Waals surface area (Å²) in [4.78, 5) is 9.46. The van der Waals surface area contributed by atoms with Crippen molar-refractivity contribution >= 4 is 37.6 Å². The van der Waals surface area contributed by atoms with Crippen molar-refractivity contribution in [3.8, 4) is 0 Å². The van der Waals surface area contributed by atoms with Crippen molar-refractivity contribution in [1.82, 2.24) is 14.5 Å². The van der Waals surface area contributed by atoms with Crippen molar-refractivity contribution in [2.45, 2.75) is 50.5 Å². The maximum absolute atomic E-state index is 13.1. The molecule has 168 valence electrons. The largest absolute Gasteiger partial charge is 0.382 e. The molecule has 2 aromatic heterocycles. The van der Waals surface area contributed by atoms with Crippen molar-refractivity contribution in [3.05, 3.63) is 60.2 Å². The molecule has 4 rings (SSSR count). The fraction of sp³-hybridized carbons (Fsp3) is 0.333. The van der Waals surface area contributed by atoms with Crippen LogP contribution >= 0.6 is 0 Å². The molecule has 0 aliphatic rings. The molecule has 4 aromatic rings. The van der Waals surface area contributed by atoms with Crippen LogP contribution in [0.5, 0.6) is 0 Å². The first-order valence-electron chi connectivity index (χ1n) is 10.9. The van der Waals surface area contributed by atoms with Gasteiger partial charge in [-0.3, -0.25) is 0 Å². The van der Waals surface area contributed by atoms with Gasteiger partial charge in [-0.05, 0) is 49.6 Å². The van der Waals surface area contributed by atoms with Crippen LogP contribution in [0.25, 0.3) is 21.9 Å². The van der Waals surface area contributed by atoms with Crippen LogP contribution in [-0.2, 0) is 22.8 Å². The van der Waals surface area contributed by atoms with E-state index in [1.807, 2.05) is 24.3 Å². The number of benzene rings is 2. The minimum Gasteiger partial charge on any atom is -0.382 e. The van der Waals surface area contributed by atoms with E-state index < -0.39 is 15.7 Å². The zero-order valence-electron chi connectivity index (χ0n) is 18.1. The van der Waals surface area contributed by atoms with Crippen LogP contribution in [0.3, 0.4) is 0 Å². The maximum Gasteiger partial charge on any atom is 0.178 e. The Kier molecular flexibility index (Phi) is 6.41. The van der Waals surface area contributed by atoms with Crippen LogP contribution in [0, 0.1) is 5.82 Å². The summed E-state index contributed by atoms with van der Waals surface area (Å²) in [6.07, 6.45) is 4.04. The summed E-state index contributed by atoms with van der Waals surface area (Å²) in [5.41, 5.74) is 8.71. The van der Waals surface area contributed by atoms with Crippen LogP contribution in [0.1, 0.15) is 38.4 Å². The highest BCUT2D eigenvalue weighted by atomic mass is 32.2. The summed E-state index contributed by atoms with van der Waals surface area (Å²) < 4.78 is 40.4. The Morgan fingerprint density at radius 1 is 1.00 bits per heavy atom. The van der Waals surface area contributed by atoms with Gasteiger partial charge in [0.25, 0.3) is 0 Å². The van der Waals surface area contributed by atoms with E-state index in [-0.39, 0.29) is 10.6 Å². The zero-order valence-corrected chi connectivity index (χ0v) is 18.9. The van der Waals surface area contributed by atoms with Gasteiger partial charge in [-0.25, -0.2) is 22.8 Å². The lowest BCUT2D eigenvalue weighted by molar-refractivity contribution is 0.577. The molecule has 0 saturated carbocycles. The van der Waals surface area contributed by atoms with Crippen LogP contribution in [0.2, 0.25) is 0 Å². The normalized spacial score (nSPS) is 12.1.